The largest absolute Gasteiger partial charge is 0.490 e. The van der Waals surface area contributed by atoms with E-state index < -0.39 is 0 Å². The zero-order valence-electron chi connectivity index (χ0n) is 9.16. The van der Waals surface area contributed by atoms with Gasteiger partial charge in [0.25, 0.3) is 0 Å². The van der Waals surface area contributed by atoms with Gasteiger partial charge in [-0.2, -0.15) is 0 Å². The Bertz CT molecular complexity index is 403. The van der Waals surface area contributed by atoms with Crippen LogP contribution in [0.25, 0.3) is 0 Å². The van der Waals surface area contributed by atoms with Crippen LogP contribution in [0.4, 0.5) is 0 Å². The van der Waals surface area contributed by atoms with Crippen molar-refractivity contribution < 1.29 is 4.74 Å². The van der Waals surface area contributed by atoms with Gasteiger partial charge in [-0.15, -0.1) is 0 Å². The second-order valence-electron chi connectivity index (χ2n) is 4.87. The van der Waals surface area contributed by atoms with E-state index in [1.807, 2.05) is 12.1 Å². The van der Waals surface area contributed by atoms with Gasteiger partial charge in [-0.05, 0) is 37.0 Å². The Labute approximate surface area is 104 Å². The van der Waals surface area contributed by atoms with Gasteiger partial charge in [-0.1, -0.05) is 22.4 Å². The van der Waals surface area contributed by atoms with Crippen molar-refractivity contribution in [3.8, 4) is 5.75 Å². The fraction of sp³-hybridized carbons (Fsp3) is 0.538. The van der Waals surface area contributed by atoms with E-state index in [1.54, 1.807) is 0 Å². The van der Waals surface area contributed by atoms with Gasteiger partial charge in [-0.25, -0.2) is 0 Å². The Morgan fingerprint density at radius 1 is 1.31 bits per heavy atom. The first-order chi connectivity index (χ1) is 7.74. The number of benzene rings is 1. The average Bonchev–Trinajstić information content (AvgIpc) is 2.17. The molecule has 0 amide bonds. The first-order valence-electron chi connectivity index (χ1n) is 5.96. The first kappa shape index (κ1) is 10.6. The maximum Gasteiger partial charge on any atom is 0.124 e. The van der Waals surface area contributed by atoms with Crippen LogP contribution in [0.15, 0.2) is 22.7 Å². The van der Waals surface area contributed by atoms with E-state index in [2.05, 4.69) is 22.0 Å². The summed E-state index contributed by atoms with van der Waals surface area (Å²) in [5.41, 5.74) is 7.36. The summed E-state index contributed by atoms with van der Waals surface area (Å²) >= 11 is 3.48. The lowest BCUT2D eigenvalue weighted by Crippen LogP contribution is -2.38. The number of nitrogens with two attached hydrogens (primary N) is 1. The molecule has 2 aliphatic rings. The molecule has 1 aliphatic heterocycles. The van der Waals surface area contributed by atoms with Crippen LogP contribution in [0, 0.1) is 5.92 Å². The summed E-state index contributed by atoms with van der Waals surface area (Å²) in [7, 11) is 0. The molecule has 1 heterocycles. The fourth-order valence-electron chi connectivity index (χ4n) is 2.61. The van der Waals surface area contributed by atoms with Gasteiger partial charge >= 0.3 is 0 Å². The van der Waals surface area contributed by atoms with E-state index in [9.17, 15) is 0 Å². The molecule has 0 radical (unpaired) electrons. The van der Waals surface area contributed by atoms with Gasteiger partial charge in [-0.3, -0.25) is 0 Å². The molecule has 0 saturated heterocycles. The molecule has 3 heteroatoms. The third kappa shape index (κ3) is 1.76. The summed E-state index contributed by atoms with van der Waals surface area (Å²) in [5, 5.41) is 0. The van der Waals surface area contributed by atoms with Gasteiger partial charge in [0.05, 0.1) is 0 Å². The van der Waals surface area contributed by atoms with Crippen molar-refractivity contribution in [2.24, 2.45) is 11.7 Å². The summed E-state index contributed by atoms with van der Waals surface area (Å²) in [5.74, 6) is 1.72. The molecule has 1 fully saturated rings. The van der Waals surface area contributed by atoms with Crippen LogP contribution in [-0.2, 0) is 0 Å². The minimum atomic E-state index is 0.131. The number of hydrogen-bond acceptors (Lipinski definition) is 2. The Morgan fingerprint density at radius 2 is 2.12 bits per heavy atom. The summed E-state index contributed by atoms with van der Waals surface area (Å²) in [6, 6.07) is 6.27. The first-order valence-corrected chi connectivity index (χ1v) is 6.75. The van der Waals surface area contributed by atoms with Gasteiger partial charge < -0.3 is 10.5 Å². The van der Waals surface area contributed by atoms with Crippen LogP contribution >= 0.6 is 15.9 Å². The lowest BCUT2D eigenvalue weighted by atomic mass is 9.77. The van der Waals surface area contributed by atoms with E-state index in [4.69, 9.17) is 10.5 Å². The van der Waals surface area contributed by atoms with Crippen molar-refractivity contribution >= 4 is 15.9 Å². The van der Waals surface area contributed by atoms with Crippen LogP contribution in [0.3, 0.4) is 0 Å². The molecule has 2 N–H and O–H groups in total. The van der Waals surface area contributed by atoms with E-state index in [0.717, 1.165) is 28.1 Å². The maximum absolute atomic E-state index is 6.22. The monoisotopic (exact) mass is 281 g/mol. The highest BCUT2D eigenvalue weighted by atomic mass is 79.9. The molecule has 16 heavy (non-hydrogen) atoms. The number of halogens is 1. The van der Waals surface area contributed by atoms with Crippen LogP contribution in [0.2, 0.25) is 0 Å². The molecular weight excluding hydrogens is 266 g/mol. The van der Waals surface area contributed by atoms with Gasteiger partial charge in [0.2, 0.25) is 0 Å². The summed E-state index contributed by atoms with van der Waals surface area (Å²) in [6.07, 6.45) is 5.28. The molecule has 0 spiro atoms. The van der Waals surface area contributed by atoms with Crippen molar-refractivity contribution in [1.82, 2.24) is 0 Å². The molecule has 2 unspecified atom stereocenters. The standard InChI is InChI=1S/C13H16BrNO/c14-9-4-5-12-10(6-9)11(15)7-13(16-12)8-2-1-3-8/h4-6,8,11,13H,1-3,7,15H2. The van der Waals surface area contributed by atoms with E-state index in [0.29, 0.717) is 6.10 Å². The maximum atomic E-state index is 6.22. The Balaban J connectivity index is 1.87. The van der Waals surface area contributed by atoms with Crippen molar-refractivity contribution in [2.45, 2.75) is 37.8 Å². The highest BCUT2D eigenvalue weighted by Gasteiger charge is 2.34. The van der Waals surface area contributed by atoms with E-state index in [-0.39, 0.29) is 6.04 Å². The molecular formula is C13H16BrNO. The van der Waals surface area contributed by atoms with Crippen LogP contribution < -0.4 is 10.5 Å². The van der Waals surface area contributed by atoms with Gasteiger partial charge in [0, 0.05) is 22.5 Å². The summed E-state index contributed by atoms with van der Waals surface area (Å²) in [6.45, 7) is 0. The molecule has 2 nitrogen and oxygen atoms in total. The quantitative estimate of drug-likeness (QED) is 0.856. The number of fused-ring (bicyclic) bond motifs is 1. The molecule has 1 aromatic rings. The zero-order chi connectivity index (χ0) is 11.1. The zero-order valence-corrected chi connectivity index (χ0v) is 10.7. The van der Waals surface area contributed by atoms with Crippen molar-refractivity contribution in [3.05, 3.63) is 28.2 Å². The minimum Gasteiger partial charge on any atom is -0.490 e. The smallest absolute Gasteiger partial charge is 0.124 e. The van der Waals surface area contributed by atoms with Gasteiger partial charge in [0.15, 0.2) is 0 Å². The molecule has 1 saturated carbocycles. The lowest BCUT2D eigenvalue weighted by molar-refractivity contribution is 0.0579. The molecule has 3 rings (SSSR count). The number of ether oxygens (including phenoxy) is 1. The van der Waals surface area contributed by atoms with Gasteiger partial charge in [0.1, 0.15) is 11.9 Å². The van der Waals surface area contributed by atoms with Crippen LogP contribution in [0.1, 0.15) is 37.3 Å². The Hall–Kier alpha value is -0.540. The lowest BCUT2D eigenvalue weighted by Gasteiger charge is -2.39. The predicted molar refractivity (Wildman–Crippen MR) is 67.4 cm³/mol. The number of rotatable bonds is 1. The minimum absolute atomic E-state index is 0.131. The third-order valence-corrected chi connectivity index (χ3v) is 4.30. The summed E-state index contributed by atoms with van der Waals surface area (Å²) in [4.78, 5) is 0. The van der Waals surface area contributed by atoms with E-state index in [1.165, 1.54) is 19.3 Å². The molecule has 86 valence electrons. The highest BCUT2D eigenvalue weighted by Crippen LogP contribution is 2.41. The van der Waals surface area contributed by atoms with Crippen molar-refractivity contribution in [3.63, 3.8) is 0 Å². The Morgan fingerprint density at radius 3 is 2.81 bits per heavy atom. The molecule has 1 aromatic carbocycles. The van der Waals surface area contributed by atoms with Crippen molar-refractivity contribution in [1.29, 1.82) is 0 Å². The number of hydrogen-bond donors (Lipinski definition) is 1. The third-order valence-electron chi connectivity index (χ3n) is 3.81. The fourth-order valence-corrected chi connectivity index (χ4v) is 2.98. The van der Waals surface area contributed by atoms with Crippen LogP contribution in [0.5, 0.6) is 5.75 Å². The normalized spacial score (nSPS) is 29.1. The summed E-state index contributed by atoms with van der Waals surface area (Å²) < 4.78 is 7.14. The topological polar surface area (TPSA) is 35.2 Å². The second kappa shape index (κ2) is 4.04. The average molecular weight is 282 g/mol. The molecule has 1 aliphatic carbocycles. The molecule has 2 atom stereocenters. The SMILES string of the molecule is NC1CC(C2CCC2)Oc2ccc(Br)cc21. The van der Waals surface area contributed by atoms with E-state index >= 15 is 0 Å². The highest BCUT2D eigenvalue weighted by molar-refractivity contribution is 9.10. The molecule has 0 aromatic heterocycles. The Kier molecular flexibility index (Phi) is 2.68. The molecule has 0 bridgehead atoms. The van der Waals surface area contributed by atoms with Crippen LogP contribution in [-0.4, -0.2) is 6.10 Å². The predicted octanol–water partition coefficient (Wildman–Crippen LogP) is 3.40. The van der Waals surface area contributed by atoms with Crippen molar-refractivity contribution in [2.75, 3.05) is 0 Å². The second-order valence-corrected chi connectivity index (χ2v) is 5.79.